The van der Waals surface area contributed by atoms with Crippen molar-refractivity contribution in [2.75, 3.05) is 31.6 Å². The van der Waals surface area contributed by atoms with Crippen LogP contribution in [-0.4, -0.2) is 48.2 Å². The molecule has 0 bridgehead atoms. The summed E-state index contributed by atoms with van der Waals surface area (Å²) in [4.78, 5) is 9.67. The van der Waals surface area contributed by atoms with Crippen molar-refractivity contribution >= 4 is 24.6 Å². The number of hydrogen-bond donors (Lipinski definition) is 0. The van der Waals surface area contributed by atoms with Crippen LogP contribution in [0.4, 0.5) is 5.95 Å². The van der Waals surface area contributed by atoms with E-state index >= 15 is 0 Å². The van der Waals surface area contributed by atoms with Crippen LogP contribution in [0, 0.1) is 0 Å². The molecule has 1 fully saturated rings. The molecular weight excluding hydrogens is 407 g/mol. The van der Waals surface area contributed by atoms with Crippen LogP contribution in [-0.2, 0) is 29.8 Å². The average molecular weight is 433 g/mol. The molecule has 0 saturated carbocycles. The van der Waals surface area contributed by atoms with E-state index in [1.165, 1.54) is 28.0 Å². The van der Waals surface area contributed by atoms with Gasteiger partial charge in [-0.2, -0.15) is 0 Å². The molecule has 1 spiro atoms. The Bertz CT molecular complexity index is 1140. The molecule has 0 aliphatic carbocycles. The summed E-state index contributed by atoms with van der Waals surface area (Å²) < 4.78 is 8.38. The van der Waals surface area contributed by atoms with Crippen molar-refractivity contribution in [1.82, 2.24) is 14.4 Å². The fourth-order valence-corrected chi connectivity index (χ4v) is 5.84. The minimum atomic E-state index is 0.130. The fraction of sp³-hybridized carbons (Fsp3) is 0.417. The van der Waals surface area contributed by atoms with Gasteiger partial charge in [0.2, 0.25) is 0 Å². The molecule has 3 aliphatic rings. The first kappa shape index (κ1) is 19.5. The first-order chi connectivity index (χ1) is 15.1. The van der Waals surface area contributed by atoms with Crippen LogP contribution in [0.25, 0.3) is 5.69 Å². The van der Waals surface area contributed by atoms with E-state index in [-0.39, 0.29) is 5.41 Å². The van der Waals surface area contributed by atoms with Gasteiger partial charge in [0.05, 0.1) is 0 Å². The van der Waals surface area contributed by atoms with Crippen molar-refractivity contribution in [3.63, 3.8) is 0 Å². The zero-order valence-corrected chi connectivity index (χ0v) is 18.6. The monoisotopic (exact) mass is 432 g/mol. The SMILES string of the molecule is CN1Cc2cc(Cl)ccc2-n2c(bnc2N2CCC3(CC2)COCc2ccccc23)C1. The molecule has 1 aromatic heterocycles. The molecule has 1 saturated heterocycles. The minimum absolute atomic E-state index is 0.130. The molecule has 3 aromatic rings. The third-order valence-electron chi connectivity index (χ3n) is 7.20. The van der Waals surface area contributed by atoms with Crippen LogP contribution < -0.4 is 4.90 Å². The second-order valence-corrected chi connectivity index (χ2v) is 9.68. The van der Waals surface area contributed by atoms with Crippen LogP contribution in [0.5, 0.6) is 0 Å². The Morgan fingerprint density at radius 3 is 2.77 bits per heavy atom. The van der Waals surface area contributed by atoms with Crippen LogP contribution in [0.1, 0.15) is 35.1 Å². The molecule has 7 heteroatoms. The van der Waals surface area contributed by atoms with E-state index in [1.54, 1.807) is 0 Å². The molecular formula is C24H26BClN4O. The molecule has 0 unspecified atom stereocenters. The van der Waals surface area contributed by atoms with Crippen LogP contribution >= 0.6 is 11.6 Å². The van der Waals surface area contributed by atoms with Gasteiger partial charge in [-0.05, 0) is 0 Å². The number of ether oxygens (including phenoxy) is 1. The van der Waals surface area contributed by atoms with E-state index < -0.39 is 0 Å². The summed E-state index contributed by atoms with van der Waals surface area (Å²) >= 11 is 6.33. The third-order valence-corrected chi connectivity index (χ3v) is 7.43. The number of hydrogen-bond acceptors (Lipinski definition) is 4. The van der Waals surface area contributed by atoms with E-state index in [9.17, 15) is 0 Å². The average Bonchev–Trinajstić information content (AvgIpc) is 3.12. The summed E-state index contributed by atoms with van der Waals surface area (Å²) in [6.45, 7) is 5.28. The summed E-state index contributed by atoms with van der Waals surface area (Å²) in [6, 6.07) is 15.0. The summed E-state index contributed by atoms with van der Waals surface area (Å²) in [7, 11) is 4.19. The molecule has 0 amide bonds. The first-order valence-corrected chi connectivity index (χ1v) is 11.5. The Balaban J connectivity index is 1.34. The molecule has 2 aromatic carbocycles. The second-order valence-electron chi connectivity index (χ2n) is 9.25. The Morgan fingerprint density at radius 1 is 1.06 bits per heavy atom. The fourth-order valence-electron chi connectivity index (χ4n) is 5.64. The van der Waals surface area contributed by atoms with E-state index in [1.807, 2.05) is 13.1 Å². The van der Waals surface area contributed by atoms with Crippen molar-refractivity contribution in [3.8, 4) is 5.69 Å². The quantitative estimate of drug-likeness (QED) is 0.584. The second kappa shape index (κ2) is 7.47. The van der Waals surface area contributed by atoms with Crippen LogP contribution in [0.2, 0.25) is 5.02 Å². The summed E-state index contributed by atoms with van der Waals surface area (Å²) in [5, 5.41) is 0.785. The molecule has 31 heavy (non-hydrogen) atoms. The predicted octanol–water partition coefficient (Wildman–Crippen LogP) is 3.88. The molecule has 6 rings (SSSR count). The third kappa shape index (κ3) is 3.24. The van der Waals surface area contributed by atoms with E-state index in [0.717, 1.165) is 63.2 Å². The summed E-state index contributed by atoms with van der Waals surface area (Å²) in [6.07, 6.45) is 2.17. The first-order valence-electron chi connectivity index (χ1n) is 11.1. The molecule has 5 nitrogen and oxygen atoms in total. The zero-order chi connectivity index (χ0) is 21.0. The van der Waals surface area contributed by atoms with Gasteiger partial charge >= 0.3 is 189 Å². The number of anilines is 1. The van der Waals surface area contributed by atoms with Crippen molar-refractivity contribution < 1.29 is 4.74 Å². The summed E-state index contributed by atoms with van der Waals surface area (Å²) in [5.41, 5.74) is 6.64. The number of fused-ring (bicyclic) bond motifs is 5. The molecule has 158 valence electrons. The molecule has 0 atom stereocenters. The number of aromatic nitrogens is 2. The van der Waals surface area contributed by atoms with Gasteiger partial charge in [-0.15, -0.1) is 0 Å². The Morgan fingerprint density at radius 2 is 1.90 bits per heavy atom. The normalized spacial score (nSPS) is 20.0. The predicted molar refractivity (Wildman–Crippen MR) is 124 cm³/mol. The van der Waals surface area contributed by atoms with Gasteiger partial charge in [-0.3, -0.25) is 0 Å². The standard InChI is InChI=1S/C24H26BClN4O/c1-28-13-18-12-19(26)6-7-21(18)30-22(14-28)25-27-23(30)29-10-8-24(9-11-29)16-31-15-17-4-2-3-5-20(17)24/h2-7,12H,8-11,13-16H2,1H3. The van der Waals surface area contributed by atoms with E-state index in [2.05, 4.69) is 57.8 Å². The van der Waals surface area contributed by atoms with Gasteiger partial charge < -0.3 is 0 Å². The molecule has 0 radical (unpaired) electrons. The van der Waals surface area contributed by atoms with Crippen molar-refractivity contribution in [2.24, 2.45) is 0 Å². The van der Waals surface area contributed by atoms with Crippen LogP contribution in [0.3, 0.4) is 0 Å². The van der Waals surface area contributed by atoms with E-state index in [0.29, 0.717) is 0 Å². The number of piperidine rings is 1. The van der Waals surface area contributed by atoms with Crippen molar-refractivity contribution in [2.45, 2.75) is 38.0 Å². The number of benzene rings is 2. The maximum absolute atomic E-state index is 6.33. The summed E-state index contributed by atoms with van der Waals surface area (Å²) in [5.74, 6) is 1.05. The van der Waals surface area contributed by atoms with Gasteiger partial charge in [0.25, 0.3) is 0 Å². The van der Waals surface area contributed by atoms with Gasteiger partial charge in [-0.25, -0.2) is 0 Å². The molecule has 3 aliphatic heterocycles. The van der Waals surface area contributed by atoms with Crippen LogP contribution in [0.15, 0.2) is 42.5 Å². The maximum atomic E-state index is 6.33. The van der Waals surface area contributed by atoms with Gasteiger partial charge in [0.15, 0.2) is 0 Å². The Hall–Kier alpha value is -2.15. The van der Waals surface area contributed by atoms with E-state index in [4.69, 9.17) is 21.2 Å². The molecule has 0 N–H and O–H groups in total. The van der Waals surface area contributed by atoms with Gasteiger partial charge in [0.1, 0.15) is 0 Å². The Kier molecular flexibility index (Phi) is 4.71. The molecule has 4 heterocycles. The Labute approximate surface area is 188 Å². The number of rotatable bonds is 1. The van der Waals surface area contributed by atoms with Gasteiger partial charge in [0, 0.05) is 0 Å². The number of nitrogens with zero attached hydrogens (tertiary/aromatic N) is 4. The zero-order valence-electron chi connectivity index (χ0n) is 17.9. The van der Waals surface area contributed by atoms with Crippen molar-refractivity contribution in [1.29, 1.82) is 0 Å². The topological polar surface area (TPSA) is 33.5 Å². The van der Waals surface area contributed by atoms with Gasteiger partial charge in [-0.1, -0.05) is 0 Å². The number of halogens is 1. The van der Waals surface area contributed by atoms with Crippen molar-refractivity contribution in [3.05, 3.63) is 69.8 Å².